The molecule has 0 N–H and O–H groups in total. The van der Waals surface area contributed by atoms with E-state index in [1.807, 2.05) is 6.92 Å². The van der Waals surface area contributed by atoms with E-state index in [0.29, 0.717) is 22.2 Å². The third-order valence-corrected chi connectivity index (χ3v) is 3.39. The number of nitro benzene ring substituents is 1. The molecule has 1 aromatic rings. The molecular formula is C11H10BrNO4. The van der Waals surface area contributed by atoms with E-state index in [9.17, 15) is 14.9 Å². The number of carbonyl (C=O) groups is 1. The van der Waals surface area contributed by atoms with Gasteiger partial charge in [-0.3, -0.25) is 10.1 Å². The molecule has 0 spiro atoms. The van der Waals surface area contributed by atoms with Gasteiger partial charge in [-0.25, -0.2) is 0 Å². The summed E-state index contributed by atoms with van der Waals surface area (Å²) in [5, 5.41) is 10.8. The Bertz CT molecular complexity index is 489. The molecule has 5 nitrogen and oxygen atoms in total. The summed E-state index contributed by atoms with van der Waals surface area (Å²) in [5.74, 6) is 0.207. The quantitative estimate of drug-likeness (QED) is 0.478. The Morgan fingerprint density at radius 1 is 1.59 bits per heavy atom. The topological polar surface area (TPSA) is 69.4 Å². The lowest BCUT2D eigenvalue weighted by molar-refractivity contribution is -0.385. The summed E-state index contributed by atoms with van der Waals surface area (Å²) in [4.78, 5) is 21.3. The predicted molar refractivity (Wildman–Crippen MR) is 64.3 cm³/mol. The van der Waals surface area contributed by atoms with Crippen molar-refractivity contribution in [3.05, 3.63) is 32.3 Å². The van der Waals surface area contributed by atoms with Crippen LogP contribution in [0, 0.1) is 10.1 Å². The van der Waals surface area contributed by atoms with Gasteiger partial charge in [-0.1, -0.05) is 0 Å². The monoisotopic (exact) mass is 299 g/mol. The van der Waals surface area contributed by atoms with Crippen molar-refractivity contribution in [2.75, 3.05) is 0 Å². The second-order valence-electron chi connectivity index (χ2n) is 4.01. The van der Waals surface area contributed by atoms with E-state index in [1.165, 1.54) is 6.07 Å². The minimum atomic E-state index is -0.482. The van der Waals surface area contributed by atoms with Crippen molar-refractivity contribution in [2.24, 2.45) is 0 Å². The van der Waals surface area contributed by atoms with E-state index in [-0.39, 0.29) is 17.7 Å². The van der Waals surface area contributed by atoms with Crippen LogP contribution in [0.3, 0.4) is 0 Å². The summed E-state index contributed by atoms with van der Waals surface area (Å²) in [6.07, 6.45) is 1.30. The van der Waals surface area contributed by atoms with E-state index >= 15 is 0 Å². The van der Waals surface area contributed by atoms with Gasteiger partial charge >= 0.3 is 0 Å². The molecule has 0 saturated heterocycles. The van der Waals surface area contributed by atoms with Gasteiger partial charge in [0.25, 0.3) is 5.69 Å². The van der Waals surface area contributed by atoms with Crippen LogP contribution in [0.4, 0.5) is 5.69 Å². The molecule has 0 aliphatic carbocycles. The van der Waals surface area contributed by atoms with Crippen LogP contribution in [0.2, 0.25) is 0 Å². The molecule has 17 heavy (non-hydrogen) atoms. The van der Waals surface area contributed by atoms with Gasteiger partial charge in [0.1, 0.15) is 12.0 Å². The number of aldehydes is 1. The summed E-state index contributed by atoms with van der Waals surface area (Å²) in [6, 6.07) is 2.96. The van der Waals surface area contributed by atoms with Crippen LogP contribution in [-0.4, -0.2) is 17.3 Å². The van der Waals surface area contributed by atoms with Crippen LogP contribution >= 0.6 is 15.9 Å². The van der Waals surface area contributed by atoms with Crippen molar-refractivity contribution >= 4 is 27.9 Å². The molecule has 2 atom stereocenters. The lowest BCUT2D eigenvalue weighted by Gasteiger charge is -2.27. The first-order valence-corrected chi connectivity index (χ1v) is 5.92. The number of rotatable bonds is 2. The fraction of sp³-hybridized carbons (Fsp3) is 0.364. The number of nitrogens with zero attached hydrogens (tertiary/aromatic N) is 1. The highest BCUT2D eigenvalue weighted by atomic mass is 79.9. The molecule has 1 aromatic carbocycles. The third-order valence-electron chi connectivity index (χ3n) is 2.75. The maximum absolute atomic E-state index is 11.0. The van der Waals surface area contributed by atoms with E-state index < -0.39 is 4.92 Å². The van der Waals surface area contributed by atoms with Gasteiger partial charge in [-0.05, 0) is 29.3 Å². The normalized spacial score (nSPS) is 22.5. The number of benzene rings is 1. The van der Waals surface area contributed by atoms with Crippen molar-refractivity contribution in [1.29, 1.82) is 0 Å². The molecule has 2 rings (SSSR count). The smallest absolute Gasteiger partial charge is 0.284 e. The zero-order valence-electron chi connectivity index (χ0n) is 9.05. The van der Waals surface area contributed by atoms with Crippen LogP contribution in [0.15, 0.2) is 16.6 Å². The summed E-state index contributed by atoms with van der Waals surface area (Å²) in [6.45, 7) is 1.87. The molecular weight excluding hydrogens is 290 g/mol. The second kappa shape index (κ2) is 4.44. The van der Waals surface area contributed by atoms with Crippen LogP contribution in [0.1, 0.15) is 24.8 Å². The third kappa shape index (κ3) is 2.17. The van der Waals surface area contributed by atoms with Gasteiger partial charge < -0.3 is 9.53 Å². The fourth-order valence-corrected chi connectivity index (χ4v) is 2.44. The van der Waals surface area contributed by atoms with Crippen molar-refractivity contribution < 1.29 is 14.5 Å². The van der Waals surface area contributed by atoms with Gasteiger partial charge in [0.15, 0.2) is 0 Å². The first-order chi connectivity index (χ1) is 8.02. The summed E-state index contributed by atoms with van der Waals surface area (Å²) >= 11 is 3.13. The molecule has 90 valence electrons. The summed E-state index contributed by atoms with van der Waals surface area (Å²) in [7, 11) is 0. The highest BCUT2D eigenvalue weighted by molar-refractivity contribution is 9.10. The standard InChI is InChI=1S/C11H10BrNO4/c1-6-2-7(5-14)8-3-10(13(15)16)9(12)4-11(8)17-6/h3-7H,2H2,1H3. The number of ether oxygens (including phenoxy) is 1. The number of halogens is 1. The largest absolute Gasteiger partial charge is 0.490 e. The summed E-state index contributed by atoms with van der Waals surface area (Å²) < 4.78 is 5.93. The minimum Gasteiger partial charge on any atom is -0.490 e. The number of fused-ring (bicyclic) bond motifs is 1. The number of hydrogen-bond donors (Lipinski definition) is 0. The van der Waals surface area contributed by atoms with Gasteiger partial charge in [-0.15, -0.1) is 0 Å². The highest BCUT2D eigenvalue weighted by Crippen LogP contribution is 2.40. The van der Waals surface area contributed by atoms with Gasteiger partial charge in [0, 0.05) is 23.6 Å². The van der Waals surface area contributed by atoms with Gasteiger partial charge in [0.2, 0.25) is 0 Å². The van der Waals surface area contributed by atoms with Crippen LogP contribution in [0.25, 0.3) is 0 Å². The Hall–Kier alpha value is -1.43. The molecule has 1 aliphatic heterocycles. The van der Waals surface area contributed by atoms with E-state index in [1.54, 1.807) is 6.07 Å². The maximum atomic E-state index is 11.0. The number of nitro groups is 1. The van der Waals surface area contributed by atoms with Crippen LogP contribution < -0.4 is 4.74 Å². The average molecular weight is 300 g/mol. The number of hydrogen-bond acceptors (Lipinski definition) is 4. The zero-order valence-corrected chi connectivity index (χ0v) is 10.6. The lowest BCUT2D eigenvalue weighted by Crippen LogP contribution is -2.23. The predicted octanol–water partition coefficient (Wildman–Crippen LogP) is 2.81. The average Bonchev–Trinajstić information content (AvgIpc) is 2.26. The van der Waals surface area contributed by atoms with Crippen molar-refractivity contribution in [3.8, 4) is 5.75 Å². The van der Waals surface area contributed by atoms with Crippen LogP contribution in [0.5, 0.6) is 5.75 Å². The Morgan fingerprint density at radius 3 is 2.88 bits per heavy atom. The first-order valence-electron chi connectivity index (χ1n) is 5.12. The minimum absolute atomic E-state index is 0.0475. The molecule has 1 heterocycles. The molecule has 6 heteroatoms. The Labute approximate surface area is 106 Å². The SMILES string of the molecule is CC1CC(C=O)c2cc([N+](=O)[O-])c(Br)cc2O1. The molecule has 0 aromatic heterocycles. The molecule has 0 saturated carbocycles. The van der Waals surface area contributed by atoms with Crippen LogP contribution in [-0.2, 0) is 4.79 Å². The van der Waals surface area contributed by atoms with E-state index in [2.05, 4.69) is 15.9 Å². The van der Waals surface area contributed by atoms with Crippen molar-refractivity contribution in [1.82, 2.24) is 0 Å². The van der Waals surface area contributed by atoms with Crippen molar-refractivity contribution in [3.63, 3.8) is 0 Å². The summed E-state index contributed by atoms with van der Waals surface area (Å²) in [5.41, 5.74) is 0.543. The molecule has 0 fully saturated rings. The molecule has 2 unspecified atom stereocenters. The van der Waals surface area contributed by atoms with Crippen molar-refractivity contribution in [2.45, 2.75) is 25.4 Å². The Kier molecular flexibility index (Phi) is 3.15. The molecule has 1 aliphatic rings. The van der Waals surface area contributed by atoms with Gasteiger partial charge in [0.05, 0.1) is 15.5 Å². The number of carbonyl (C=O) groups excluding carboxylic acids is 1. The second-order valence-corrected chi connectivity index (χ2v) is 4.86. The van der Waals surface area contributed by atoms with E-state index in [0.717, 1.165) is 6.29 Å². The zero-order chi connectivity index (χ0) is 12.6. The van der Waals surface area contributed by atoms with Gasteiger partial charge in [-0.2, -0.15) is 0 Å². The molecule has 0 bridgehead atoms. The first kappa shape index (κ1) is 12.0. The Morgan fingerprint density at radius 2 is 2.29 bits per heavy atom. The Balaban J connectivity index is 2.56. The molecule has 0 radical (unpaired) electrons. The lowest BCUT2D eigenvalue weighted by atomic mass is 9.91. The molecule has 0 amide bonds. The fourth-order valence-electron chi connectivity index (χ4n) is 1.97. The van der Waals surface area contributed by atoms with E-state index in [4.69, 9.17) is 4.74 Å². The highest BCUT2D eigenvalue weighted by Gasteiger charge is 2.29. The maximum Gasteiger partial charge on any atom is 0.284 e.